The average Bonchev–Trinajstić information content (AvgIpc) is 2.38. The molecule has 0 saturated carbocycles. The van der Waals surface area contributed by atoms with Crippen LogP contribution in [-0.4, -0.2) is 48.1 Å². The van der Waals surface area contributed by atoms with E-state index >= 15 is 0 Å². The van der Waals surface area contributed by atoms with Crippen LogP contribution < -0.4 is 0 Å². The minimum Gasteiger partial charge on any atom is -0.302 e. The van der Waals surface area contributed by atoms with Gasteiger partial charge < -0.3 is 4.90 Å². The molecule has 0 spiro atoms. The van der Waals surface area contributed by atoms with Gasteiger partial charge in [-0.3, -0.25) is 4.90 Å². The summed E-state index contributed by atoms with van der Waals surface area (Å²) in [5.74, 6) is 0. The lowest BCUT2D eigenvalue weighted by Crippen LogP contribution is -2.51. The summed E-state index contributed by atoms with van der Waals surface area (Å²) in [6, 6.07) is 1.36. The zero-order valence-electron chi connectivity index (χ0n) is 12.1. The van der Waals surface area contributed by atoms with Crippen LogP contribution in [0.2, 0.25) is 0 Å². The first-order chi connectivity index (χ1) is 7.36. The van der Waals surface area contributed by atoms with Crippen LogP contribution in [0.4, 0.5) is 0 Å². The average molecular weight is 226 g/mol. The zero-order chi connectivity index (χ0) is 12.3. The maximum absolute atomic E-state index is 2.70. The monoisotopic (exact) mass is 226 g/mol. The summed E-state index contributed by atoms with van der Waals surface area (Å²) in [5, 5.41) is 0. The third-order valence-electron chi connectivity index (χ3n) is 3.83. The molecule has 1 saturated heterocycles. The maximum atomic E-state index is 2.70. The summed E-state index contributed by atoms with van der Waals surface area (Å²) in [6.07, 6.45) is 1.32. The Bertz CT molecular complexity index is 205. The van der Waals surface area contributed by atoms with Crippen molar-refractivity contribution in [1.82, 2.24) is 9.80 Å². The van der Waals surface area contributed by atoms with Crippen LogP contribution in [0.15, 0.2) is 0 Å². The Morgan fingerprint density at radius 3 is 2.25 bits per heavy atom. The van der Waals surface area contributed by atoms with Gasteiger partial charge in [0.05, 0.1) is 0 Å². The van der Waals surface area contributed by atoms with Crippen LogP contribution in [0.5, 0.6) is 0 Å². The normalized spacial score (nSPS) is 26.1. The molecule has 0 unspecified atom stereocenters. The maximum Gasteiger partial charge on any atom is 0.0274 e. The Morgan fingerprint density at radius 1 is 1.19 bits per heavy atom. The van der Waals surface area contributed by atoms with Crippen molar-refractivity contribution in [2.45, 2.75) is 60.0 Å². The first-order valence-corrected chi connectivity index (χ1v) is 6.84. The summed E-state index contributed by atoms with van der Waals surface area (Å²) < 4.78 is 0. The Kier molecular flexibility index (Phi) is 4.81. The summed E-state index contributed by atoms with van der Waals surface area (Å²) in [4.78, 5) is 5.31. The largest absolute Gasteiger partial charge is 0.302 e. The highest BCUT2D eigenvalue weighted by Crippen LogP contribution is 2.28. The van der Waals surface area contributed by atoms with Gasteiger partial charge in [0, 0.05) is 18.6 Å². The highest BCUT2D eigenvalue weighted by atomic mass is 15.3. The van der Waals surface area contributed by atoms with Gasteiger partial charge >= 0.3 is 0 Å². The second-order valence-electron chi connectivity index (χ2n) is 6.46. The van der Waals surface area contributed by atoms with Gasteiger partial charge in [-0.2, -0.15) is 0 Å². The fourth-order valence-electron chi connectivity index (χ4n) is 2.75. The van der Waals surface area contributed by atoms with Gasteiger partial charge in [-0.05, 0) is 45.3 Å². The van der Waals surface area contributed by atoms with E-state index in [0.717, 1.165) is 0 Å². The SMILES string of the molecule is CCN1CCCN(C(C)C)[C@@H](C(C)(C)C)C1. The minimum absolute atomic E-state index is 0.377. The Morgan fingerprint density at radius 2 is 1.81 bits per heavy atom. The number of rotatable bonds is 2. The smallest absolute Gasteiger partial charge is 0.0274 e. The molecule has 1 fully saturated rings. The van der Waals surface area contributed by atoms with Crippen LogP contribution in [0, 0.1) is 5.41 Å². The standard InChI is InChI=1S/C14H30N2/c1-7-15-9-8-10-16(12(2)3)13(11-15)14(4,5)6/h12-13H,7-11H2,1-6H3/t13-/m1/s1. The molecule has 0 aliphatic carbocycles. The van der Waals surface area contributed by atoms with Gasteiger partial charge in [-0.25, -0.2) is 0 Å². The van der Waals surface area contributed by atoms with E-state index in [0.29, 0.717) is 17.5 Å². The molecule has 0 N–H and O–H groups in total. The van der Waals surface area contributed by atoms with E-state index in [2.05, 4.69) is 51.3 Å². The molecule has 16 heavy (non-hydrogen) atoms. The van der Waals surface area contributed by atoms with Crippen molar-refractivity contribution >= 4 is 0 Å². The minimum atomic E-state index is 0.377. The summed E-state index contributed by atoms with van der Waals surface area (Å²) in [6.45, 7) is 19.1. The van der Waals surface area contributed by atoms with Gasteiger partial charge in [0.25, 0.3) is 0 Å². The van der Waals surface area contributed by atoms with Crippen molar-refractivity contribution in [3.8, 4) is 0 Å². The number of nitrogens with zero attached hydrogens (tertiary/aromatic N) is 2. The molecule has 0 aromatic heterocycles. The van der Waals surface area contributed by atoms with Crippen LogP contribution in [0.1, 0.15) is 48.0 Å². The predicted octanol–water partition coefficient (Wildman–Crippen LogP) is 2.84. The number of hydrogen-bond donors (Lipinski definition) is 0. The van der Waals surface area contributed by atoms with Crippen LogP contribution in [0.3, 0.4) is 0 Å². The summed E-state index contributed by atoms with van der Waals surface area (Å²) in [7, 11) is 0. The molecular weight excluding hydrogens is 196 g/mol. The highest BCUT2D eigenvalue weighted by molar-refractivity contribution is 4.89. The Hall–Kier alpha value is -0.0800. The molecule has 1 aliphatic rings. The molecule has 1 heterocycles. The molecule has 0 bridgehead atoms. The van der Waals surface area contributed by atoms with Gasteiger partial charge in [-0.15, -0.1) is 0 Å². The summed E-state index contributed by atoms with van der Waals surface area (Å²) >= 11 is 0. The molecule has 0 amide bonds. The third kappa shape index (κ3) is 3.46. The zero-order valence-corrected chi connectivity index (χ0v) is 12.1. The van der Waals surface area contributed by atoms with Crippen molar-refractivity contribution in [1.29, 1.82) is 0 Å². The summed E-state index contributed by atoms with van der Waals surface area (Å²) in [5.41, 5.74) is 0.377. The quantitative estimate of drug-likeness (QED) is 0.714. The van der Waals surface area contributed by atoms with Crippen molar-refractivity contribution in [3.05, 3.63) is 0 Å². The van der Waals surface area contributed by atoms with Crippen molar-refractivity contribution in [3.63, 3.8) is 0 Å². The third-order valence-corrected chi connectivity index (χ3v) is 3.83. The molecule has 0 aromatic rings. The first-order valence-electron chi connectivity index (χ1n) is 6.84. The van der Waals surface area contributed by atoms with E-state index in [1.807, 2.05) is 0 Å². The lowest BCUT2D eigenvalue weighted by molar-refractivity contribution is 0.0640. The van der Waals surface area contributed by atoms with E-state index in [4.69, 9.17) is 0 Å². The van der Waals surface area contributed by atoms with Crippen LogP contribution in [0.25, 0.3) is 0 Å². The molecule has 1 aliphatic heterocycles. The predicted molar refractivity (Wildman–Crippen MR) is 71.8 cm³/mol. The van der Waals surface area contributed by atoms with Crippen molar-refractivity contribution in [2.24, 2.45) is 5.41 Å². The van der Waals surface area contributed by atoms with E-state index in [1.165, 1.54) is 32.6 Å². The molecule has 0 radical (unpaired) electrons. The molecule has 1 atom stereocenters. The Labute approximate surface area is 102 Å². The van der Waals surface area contributed by atoms with E-state index < -0.39 is 0 Å². The molecule has 2 heteroatoms. The fraction of sp³-hybridized carbons (Fsp3) is 1.00. The van der Waals surface area contributed by atoms with Gasteiger partial charge in [0.15, 0.2) is 0 Å². The topological polar surface area (TPSA) is 6.48 Å². The Balaban J connectivity index is 2.83. The van der Waals surface area contributed by atoms with E-state index in [9.17, 15) is 0 Å². The molecule has 0 aromatic carbocycles. The van der Waals surface area contributed by atoms with E-state index in [1.54, 1.807) is 0 Å². The van der Waals surface area contributed by atoms with E-state index in [-0.39, 0.29) is 0 Å². The molecule has 1 rings (SSSR count). The van der Waals surface area contributed by atoms with Gasteiger partial charge in [0.1, 0.15) is 0 Å². The fourth-order valence-corrected chi connectivity index (χ4v) is 2.75. The lowest BCUT2D eigenvalue weighted by atomic mass is 9.84. The van der Waals surface area contributed by atoms with Crippen molar-refractivity contribution < 1.29 is 0 Å². The lowest BCUT2D eigenvalue weighted by Gasteiger charge is -2.42. The van der Waals surface area contributed by atoms with Crippen LogP contribution >= 0.6 is 0 Å². The highest BCUT2D eigenvalue weighted by Gasteiger charge is 2.34. The van der Waals surface area contributed by atoms with Crippen LogP contribution in [-0.2, 0) is 0 Å². The molecular formula is C14H30N2. The van der Waals surface area contributed by atoms with Gasteiger partial charge in [-0.1, -0.05) is 27.7 Å². The van der Waals surface area contributed by atoms with Gasteiger partial charge in [0.2, 0.25) is 0 Å². The second kappa shape index (κ2) is 5.50. The molecule has 2 nitrogen and oxygen atoms in total. The first kappa shape index (κ1) is 14.0. The number of hydrogen-bond acceptors (Lipinski definition) is 2. The van der Waals surface area contributed by atoms with Crippen molar-refractivity contribution in [2.75, 3.05) is 26.2 Å². The second-order valence-corrected chi connectivity index (χ2v) is 6.46. The molecule has 96 valence electrons. The number of likely N-dealkylation sites (N-methyl/N-ethyl adjacent to an activating group) is 1.